The first kappa shape index (κ1) is 19.0. The van der Waals surface area contributed by atoms with Crippen molar-refractivity contribution >= 4 is 23.1 Å². The van der Waals surface area contributed by atoms with Gasteiger partial charge in [-0.1, -0.05) is 12.1 Å². The van der Waals surface area contributed by atoms with Crippen LogP contribution in [0.25, 0.3) is 11.0 Å². The summed E-state index contributed by atoms with van der Waals surface area (Å²) >= 11 is 0. The van der Waals surface area contributed by atoms with Gasteiger partial charge in [0.15, 0.2) is 5.96 Å². The summed E-state index contributed by atoms with van der Waals surface area (Å²) in [6, 6.07) is 6.04. The molecule has 2 heterocycles. The Bertz CT molecular complexity index is 843. The molecule has 1 amide bonds. The number of amides is 1. The molecule has 1 aliphatic heterocycles. The van der Waals surface area contributed by atoms with Crippen LogP contribution in [0.1, 0.15) is 32.2 Å². The number of fused-ring (bicyclic) bond motifs is 1. The quantitative estimate of drug-likeness (QED) is 0.622. The largest absolute Gasteiger partial charge is 0.444 e. The van der Waals surface area contributed by atoms with E-state index in [0.717, 1.165) is 22.4 Å². The summed E-state index contributed by atoms with van der Waals surface area (Å²) in [5.74, 6) is 1.26. The maximum absolute atomic E-state index is 12.1. The van der Waals surface area contributed by atoms with Crippen LogP contribution < -0.4 is 5.73 Å². The van der Waals surface area contributed by atoms with Crippen LogP contribution in [0.15, 0.2) is 23.2 Å². The second kappa shape index (κ2) is 7.46. The number of ether oxygens (including phenoxy) is 1. The van der Waals surface area contributed by atoms with Crippen molar-refractivity contribution in [3.63, 3.8) is 0 Å². The topological polar surface area (TPSA) is 99.8 Å². The number of para-hydroxylation sites is 1. The van der Waals surface area contributed by atoms with Crippen molar-refractivity contribution in [3.8, 4) is 0 Å². The number of carbonyl (C=O) groups excluding carboxylic acids is 1. The molecule has 27 heavy (non-hydrogen) atoms. The summed E-state index contributed by atoms with van der Waals surface area (Å²) < 4.78 is 5.41. The summed E-state index contributed by atoms with van der Waals surface area (Å²) in [5.41, 5.74) is 8.76. The van der Waals surface area contributed by atoms with E-state index < -0.39 is 5.60 Å². The summed E-state index contributed by atoms with van der Waals surface area (Å²) in [6.07, 6.45) is -0.282. The highest BCUT2D eigenvalue weighted by molar-refractivity contribution is 5.80. The highest BCUT2D eigenvalue weighted by Crippen LogP contribution is 2.16. The van der Waals surface area contributed by atoms with Crippen LogP contribution in [0.3, 0.4) is 0 Å². The molecule has 2 aromatic rings. The lowest BCUT2D eigenvalue weighted by atomic mass is 10.2. The number of aliphatic imine (C=N–C) groups is 1. The molecule has 1 fully saturated rings. The average molecular weight is 372 g/mol. The van der Waals surface area contributed by atoms with Gasteiger partial charge in [-0.05, 0) is 39.3 Å². The smallest absolute Gasteiger partial charge is 0.410 e. The number of rotatable bonds is 2. The lowest BCUT2D eigenvalue weighted by Gasteiger charge is -2.36. The molecule has 1 aliphatic rings. The van der Waals surface area contributed by atoms with Crippen LogP contribution in [0.2, 0.25) is 0 Å². The number of carbonyl (C=O) groups is 1. The lowest BCUT2D eigenvalue weighted by molar-refractivity contribution is 0.0186. The van der Waals surface area contributed by atoms with Gasteiger partial charge in [-0.3, -0.25) is 0 Å². The van der Waals surface area contributed by atoms with Crippen LogP contribution in [-0.4, -0.2) is 63.6 Å². The molecule has 0 atom stereocenters. The predicted molar refractivity (Wildman–Crippen MR) is 106 cm³/mol. The zero-order chi connectivity index (χ0) is 19.6. The molecule has 3 N–H and O–H groups in total. The Morgan fingerprint density at radius 2 is 1.93 bits per heavy atom. The van der Waals surface area contributed by atoms with Gasteiger partial charge in [-0.15, -0.1) is 0 Å². The predicted octanol–water partition coefficient (Wildman–Crippen LogP) is 2.24. The molecule has 0 bridgehead atoms. The second-order valence-corrected chi connectivity index (χ2v) is 7.78. The summed E-state index contributed by atoms with van der Waals surface area (Å²) in [6.45, 7) is 10.4. The molecule has 0 unspecified atom stereocenters. The normalized spacial score (nSPS) is 16.1. The Hall–Kier alpha value is -2.77. The van der Waals surface area contributed by atoms with Gasteiger partial charge in [0.05, 0.1) is 11.0 Å². The van der Waals surface area contributed by atoms with Crippen LogP contribution in [0, 0.1) is 6.92 Å². The van der Waals surface area contributed by atoms with E-state index >= 15 is 0 Å². The first-order chi connectivity index (χ1) is 12.7. The van der Waals surface area contributed by atoms with Crippen LogP contribution >= 0.6 is 0 Å². The molecule has 0 aliphatic carbocycles. The number of benzene rings is 1. The van der Waals surface area contributed by atoms with E-state index in [9.17, 15) is 4.79 Å². The van der Waals surface area contributed by atoms with Crippen LogP contribution in [0.5, 0.6) is 0 Å². The SMILES string of the molecule is Cc1cccc2[nH]c(CN=C(N)N3CCN(C(=O)OC(C)(C)C)CC3)nc12. The molecule has 3 rings (SSSR count). The molecule has 1 saturated heterocycles. The number of hydrogen-bond donors (Lipinski definition) is 2. The van der Waals surface area contributed by atoms with Crippen LogP contribution in [-0.2, 0) is 11.3 Å². The molecule has 1 aromatic carbocycles. The number of aryl methyl sites for hydroxylation is 1. The monoisotopic (exact) mass is 372 g/mol. The Morgan fingerprint density at radius 1 is 1.26 bits per heavy atom. The highest BCUT2D eigenvalue weighted by Gasteiger charge is 2.26. The standard InChI is InChI=1S/C19H28N6O2/c1-13-6-5-7-14-16(13)23-15(22-14)12-21-17(20)24-8-10-25(11-9-24)18(26)27-19(2,3)4/h5-7H,8-12H2,1-4H3,(H2,20,21)(H,22,23). The molecule has 146 valence electrons. The highest BCUT2D eigenvalue weighted by atomic mass is 16.6. The van der Waals surface area contributed by atoms with Crippen molar-refractivity contribution in [2.45, 2.75) is 39.8 Å². The number of guanidine groups is 1. The summed E-state index contributed by atoms with van der Waals surface area (Å²) in [7, 11) is 0. The minimum Gasteiger partial charge on any atom is -0.444 e. The maximum atomic E-state index is 12.1. The Kier molecular flexibility index (Phi) is 5.25. The van der Waals surface area contributed by atoms with E-state index in [-0.39, 0.29) is 6.09 Å². The van der Waals surface area contributed by atoms with E-state index in [1.165, 1.54) is 0 Å². The molecule has 1 aromatic heterocycles. The minimum absolute atomic E-state index is 0.282. The van der Waals surface area contributed by atoms with Gasteiger partial charge in [0.25, 0.3) is 0 Å². The van der Waals surface area contributed by atoms with Crippen molar-refractivity contribution < 1.29 is 9.53 Å². The lowest BCUT2D eigenvalue weighted by Crippen LogP contribution is -2.53. The second-order valence-electron chi connectivity index (χ2n) is 7.78. The first-order valence-electron chi connectivity index (χ1n) is 9.20. The molecular weight excluding hydrogens is 344 g/mol. The van der Waals surface area contributed by atoms with Gasteiger partial charge in [0.1, 0.15) is 18.0 Å². The van der Waals surface area contributed by atoms with Crippen molar-refractivity contribution in [1.82, 2.24) is 19.8 Å². The number of nitrogens with two attached hydrogens (primary N) is 1. The zero-order valence-corrected chi connectivity index (χ0v) is 16.5. The number of aromatic amines is 1. The van der Waals surface area contributed by atoms with Crippen LogP contribution in [0.4, 0.5) is 4.79 Å². The van der Waals surface area contributed by atoms with E-state index in [0.29, 0.717) is 38.7 Å². The Morgan fingerprint density at radius 3 is 2.56 bits per heavy atom. The fraction of sp³-hybridized carbons (Fsp3) is 0.526. The third-order valence-electron chi connectivity index (χ3n) is 4.41. The molecule has 8 nitrogen and oxygen atoms in total. The van der Waals surface area contributed by atoms with E-state index in [1.54, 1.807) is 4.90 Å². The third kappa shape index (κ3) is 4.69. The zero-order valence-electron chi connectivity index (χ0n) is 16.5. The van der Waals surface area contributed by atoms with E-state index in [4.69, 9.17) is 10.5 Å². The van der Waals surface area contributed by atoms with Crippen molar-refractivity contribution in [2.75, 3.05) is 26.2 Å². The van der Waals surface area contributed by atoms with Crippen molar-refractivity contribution in [2.24, 2.45) is 10.7 Å². The number of nitrogens with zero attached hydrogens (tertiary/aromatic N) is 4. The number of nitrogens with one attached hydrogen (secondary N) is 1. The van der Waals surface area contributed by atoms with E-state index in [1.807, 2.05) is 50.8 Å². The average Bonchev–Trinajstić information content (AvgIpc) is 3.03. The Balaban J connectivity index is 1.56. The van der Waals surface area contributed by atoms with E-state index in [2.05, 4.69) is 15.0 Å². The molecule has 8 heteroatoms. The number of imidazole rings is 1. The Labute approximate surface area is 159 Å². The molecule has 0 saturated carbocycles. The maximum Gasteiger partial charge on any atom is 0.410 e. The fourth-order valence-corrected chi connectivity index (χ4v) is 3.00. The van der Waals surface area contributed by atoms with Crippen molar-refractivity contribution in [3.05, 3.63) is 29.6 Å². The third-order valence-corrected chi connectivity index (χ3v) is 4.41. The number of H-pyrrole nitrogens is 1. The molecular formula is C19H28N6O2. The molecule has 0 radical (unpaired) electrons. The van der Waals surface area contributed by atoms with Gasteiger partial charge in [-0.25, -0.2) is 14.8 Å². The molecule has 0 spiro atoms. The number of aromatic nitrogens is 2. The van der Waals surface area contributed by atoms with Gasteiger partial charge in [0.2, 0.25) is 0 Å². The van der Waals surface area contributed by atoms with Gasteiger partial charge in [-0.2, -0.15) is 0 Å². The van der Waals surface area contributed by atoms with Gasteiger partial charge in [0, 0.05) is 26.2 Å². The minimum atomic E-state index is -0.486. The first-order valence-corrected chi connectivity index (χ1v) is 9.20. The number of piperazine rings is 1. The fourth-order valence-electron chi connectivity index (χ4n) is 3.00. The van der Waals surface area contributed by atoms with Gasteiger partial charge >= 0.3 is 6.09 Å². The number of hydrogen-bond acceptors (Lipinski definition) is 4. The summed E-state index contributed by atoms with van der Waals surface area (Å²) in [4.78, 5) is 28.1. The summed E-state index contributed by atoms with van der Waals surface area (Å²) in [5, 5.41) is 0. The van der Waals surface area contributed by atoms with Gasteiger partial charge < -0.3 is 25.3 Å². The van der Waals surface area contributed by atoms with Crippen molar-refractivity contribution in [1.29, 1.82) is 0 Å².